The number of hydrogen-bond acceptors (Lipinski definition) is 2. The Labute approximate surface area is 81.1 Å². The van der Waals surface area contributed by atoms with Gasteiger partial charge in [0, 0.05) is 0 Å². The molecule has 0 aromatic heterocycles. The molecule has 0 saturated heterocycles. The van der Waals surface area contributed by atoms with E-state index in [0.29, 0.717) is 5.41 Å². The zero-order valence-electron chi connectivity index (χ0n) is 8.93. The van der Waals surface area contributed by atoms with Crippen molar-refractivity contribution >= 4 is 0 Å². The highest BCUT2D eigenvalue weighted by molar-refractivity contribution is 5.07. The second-order valence-corrected chi connectivity index (χ2v) is 5.41. The summed E-state index contributed by atoms with van der Waals surface area (Å²) >= 11 is 0. The average molecular weight is 180 g/mol. The van der Waals surface area contributed by atoms with Crippen molar-refractivity contribution in [2.45, 2.75) is 52.0 Å². The zero-order valence-corrected chi connectivity index (χ0v) is 8.93. The SMILES string of the molecule is CC(C)(C)[C@H]1CC[C@@](N)(C#N)CC1. The van der Waals surface area contributed by atoms with Gasteiger partial charge in [-0.15, -0.1) is 0 Å². The predicted octanol–water partition coefficient (Wildman–Crippen LogP) is 2.44. The van der Waals surface area contributed by atoms with Crippen LogP contribution in [0.25, 0.3) is 0 Å². The summed E-state index contributed by atoms with van der Waals surface area (Å²) in [4.78, 5) is 0. The third-order valence-corrected chi connectivity index (χ3v) is 3.33. The van der Waals surface area contributed by atoms with Gasteiger partial charge in [0.25, 0.3) is 0 Å². The van der Waals surface area contributed by atoms with E-state index in [0.717, 1.165) is 31.6 Å². The van der Waals surface area contributed by atoms with Crippen molar-refractivity contribution in [1.82, 2.24) is 0 Å². The van der Waals surface area contributed by atoms with Crippen LogP contribution in [-0.4, -0.2) is 5.54 Å². The molecule has 13 heavy (non-hydrogen) atoms. The highest BCUT2D eigenvalue weighted by atomic mass is 14.7. The highest BCUT2D eigenvalue weighted by Crippen LogP contribution is 2.40. The molecule has 0 aromatic rings. The summed E-state index contributed by atoms with van der Waals surface area (Å²) in [6.45, 7) is 6.81. The van der Waals surface area contributed by atoms with Crippen molar-refractivity contribution in [1.29, 1.82) is 5.26 Å². The summed E-state index contributed by atoms with van der Waals surface area (Å²) < 4.78 is 0. The normalized spacial score (nSPS) is 35.5. The standard InChI is InChI=1S/C11H20N2/c1-10(2,3)9-4-6-11(13,8-12)7-5-9/h9H,4-7,13H2,1-3H3/t9-,11-. The minimum atomic E-state index is -0.526. The van der Waals surface area contributed by atoms with Crippen LogP contribution < -0.4 is 5.73 Å². The Kier molecular flexibility index (Phi) is 2.68. The molecule has 0 aromatic carbocycles. The molecule has 74 valence electrons. The molecule has 0 spiro atoms. The van der Waals surface area contributed by atoms with Gasteiger partial charge in [-0.2, -0.15) is 5.26 Å². The van der Waals surface area contributed by atoms with Gasteiger partial charge in [-0.25, -0.2) is 0 Å². The van der Waals surface area contributed by atoms with Crippen LogP contribution in [0.5, 0.6) is 0 Å². The molecular weight excluding hydrogens is 160 g/mol. The second kappa shape index (κ2) is 3.31. The summed E-state index contributed by atoms with van der Waals surface area (Å²) in [5.41, 5.74) is 5.75. The van der Waals surface area contributed by atoms with E-state index in [-0.39, 0.29) is 0 Å². The first-order valence-electron chi connectivity index (χ1n) is 5.07. The van der Waals surface area contributed by atoms with E-state index in [1.807, 2.05) is 0 Å². The maximum Gasteiger partial charge on any atom is 0.104 e. The lowest BCUT2D eigenvalue weighted by Crippen LogP contribution is -2.43. The van der Waals surface area contributed by atoms with Gasteiger partial charge in [0.15, 0.2) is 0 Å². The molecule has 1 fully saturated rings. The number of nitrogens with two attached hydrogens (primary N) is 1. The van der Waals surface area contributed by atoms with Gasteiger partial charge in [0.05, 0.1) is 6.07 Å². The Hall–Kier alpha value is -0.550. The molecule has 1 aliphatic rings. The lowest BCUT2D eigenvalue weighted by Gasteiger charge is -2.38. The number of nitriles is 1. The van der Waals surface area contributed by atoms with Gasteiger partial charge in [0.1, 0.15) is 5.54 Å². The van der Waals surface area contributed by atoms with Crippen molar-refractivity contribution in [3.63, 3.8) is 0 Å². The third-order valence-electron chi connectivity index (χ3n) is 3.33. The van der Waals surface area contributed by atoms with Crippen molar-refractivity contribution < 1.29 is 0 Å². The Morgan fingerprint density at radius 2 is 1.77 bits per heavy atom. The molecule has 0 bridgehead atoms. The van der Waals surface area contributed by atoms with E-state index in [2.05, 4.69) is 26.8 Å². The highest BCUT2D eigenvalue weighted by Gasteiger charge is 2.35. The fourth-order valence-electron chi connectivity index (χ4n) is 2.11. The lowest BCUT2D eigenvalue weighted by atomic mass is 9.68. The topological polar surface area (TPSA) is 49.8 Å². The van der Waals surface area contributed by atoms with Gasteiger partial charge in [0.2, 0.25) is 0 Å². The minimum Gasteiger partial charge on any atom is -0.313 e. The van der Waals surface area contributed by atoms with Gasteiger partial charge >= 0.3 is 0 Å². The number of nitrogens with zero attached hydrogens (tertiary/aromatic N) is 1. The summed E-state index contributed by atoms with van der Waals surface area (Å²) in [5.74, 6) is 0.734. The largest absolute Gasteiger partial charge is 0.313 e. The third kappa shape index (κ3) is 2.45. The first kappa shape index (κ1) is 10.5. The molecule has 2 heteroatoms. The summed E-state index contributed by atoms with van der Waals surface area (Å²) in [7, 11) is 0. The molecule has 0 heterocycles. The van der Waals surface area contributed by atoms with Crippen LogP contribution in [0.3, 0.4) is 0 Å². The van der Waals surface area contributed by atoms with Crippen LogP contribution >= 0.6 is 0 Å². The molecule has 1 saturated carbocycles. The lowest BCUT2D eigenvalue weighted by molar-refractivity contribution is 0.153. The predicted molar refractivity (Wildman–Crippen MR) is 53.9 cm³/mol. The van der Waals surface area contributed by atoms with E-state index in [1.54, 1.807) is 0 Å². The van der Waals surface area contributed by atoms with Crippen LogP contribution in [0.2, 0.25) is 0 Å². The Morgan fingerprint density at radius 1 is 1.31 bits per heavy atom. The summed E-state index contributed by atoms with van der Waals surface area (Å²) in [5, 5.41) is 8.86. The molecule has 0 radical (unpaired) electrons. The van der Waals surface area contributed by atoms with Crippen LogP contribution in [0.15, 0.2) is 0 Å². The van der Waals surface area contributed by atoms with Crippen molar-refractivity contribution in [2.75, 3.05) is 0 Å². The molecule has 0 amide bonds. The van der Waals surface area contributed by atoms with E-state index >= 15 is 0 Å². The van der Waals surface area contributed by atoms with Crippen LogP contribution in [0.4, 0.5) is 0 Å². The quantitative estimate of drug-likeness (QED) is 0.622. The molecule has 1 rings (SSSR count). The van der Waals surface area contributed by atoms with Crippen molar-refractivity contribution in [3.8, 4) is 6.07 Å². The Balaban J connectivity index is 2.54. The van der Waals surface area contributed by atoms with E-state index < -0.39 is 5.54 Å². The molecule has 0 atom stereocenters. The van der Waals surface area contributed by atoms with Gasteiger partial charge in [-0.1, -0.05) is 20.8 Å². The summed E-state index contributed by atoms with van der Waals surface area (Å²) in [6, 6.07) is 2.23. The van der Waals surface area contributed by atoms with Crippen LogP contribution in [0, 0.1) is 22.7 Å². The molecule has 0 unspecified atom stereocenters. The van der Waals surface area contributed by atoms with Gasteiger partial charge < -0.3 is 5.73 Å². The average Bonchev–Trinajstić information content (AvgIpc) is 2.04. The maximum absolute atomic E-state index is 8.86. The minimum absolute atomic E-state index is 0.372. The fourth-order valence-corrected chi connectivity index (χ4v) is 2.11. The van der Waals surface area contributed by atoms with Gasteiger partial charge in [-0.05, 0) is 37.0 Å². The first-order valence-corrected chi connectivity index (χ1v) is 5.07. The Morgan fingerprint density at radius 3 is 2.08 bits per heavy atom. The van der Waals surface area contributed by atoms with Crippen LogP contribution in [0.1, 0.15) is 46.5 Å². The van der Waals surface area contributed by atoms with Gasteiger partial charge in [-0.3, -0.25) is 0 Å². The molecule has 2 N–H and O–H groups in total. The van der Waals surface area contributed by atoms with E-state index in [1.165, 1.54) is 0 Å². The molecule has 2 nitrogen and oxygen atoms in total. The number of rotatable bonds is 0. The Bertz CT molecular complexity index is 211. The van der Waals surface area contributed by atoms with Crippen molar-refractivity contribution in [2.24, 2.45) is 17.1 Å². The molecule has 0 aliphatic heterocycles. The number of hydrogen-bond donors (Lipinski definition) is 1. The molecule has 1 aliphatic carbocycles. The zero-order chi connectivity index (χ0) is 10.1. The maximum atomic E-state index is 8.86. The summed E-state index contributed by atoms with van der Waals surface area (Å²) in [6.07, 6.45) is 3.94. The molecular formula is C11H20N2. The first-order chi connectivity index (χ1) is 5.87. The van der Waals surface area contributed by atoms with E-state index in [9.17, 15) is 0 Å². The second-order valence-electron chi connectivity index (χ2n) is 5.41. The fraction of sp³-hybridized carbons (Fsp3) is 0.909. The van der Waals surface area contributed by atoms with E-state index in [4.69, 9.17) is 11.0 Å². The van der Waals surface area contributed by atoms with Crippen molar-refractivity contribution in [3.05, 3.63) is 0 Å². The smallest absolute Gasteiger partial charge is 0.104 e. The van der Waals surface area contributed by atoms with Crippen LogP contribution in [-0.2, 0) is 0 Å². The monoisotopic (exact) mass is 180 g/mol.